The smallest absolute Gasteiger partial charge is 0.334 e. The standard InChI is InChI=1S/C16H24O4/c1-10(2)14-6-5-11(3)7-12(14)8-13(9-15(17)18)16(19)20-4/h7-8,10-11,14H,5-6,9H2,1-4H3,(H,17,18)/b13-8-/t11-,14-/m1/s1. The highest BCUT2D eigenvalue weighted by atomic mass is 16.5. The third kappa shape index (κ3) is 4.51. The van der Waals surface area contributed by atoms with Gasteiger partial charge in [0.05, 0.1) is 13.5 Å². The molecule has 0 bridgehead atoms. The summed E-state index contributed by atoms with van der Waals surface area (Å²) < 4.78 is 4.68. The number of carboxylic acids is 1. The topological polar surface area (TPSA) is 63.6 Å². The van der Waals surface area contributed by atoms with E-state index < -0.39 is 11.9 Å². The van der Waals surface area contributed by atoms with E-state index in [2.05, 4.69) is 31.6 Å². The first kappa shape index (κ1) is 16.5. The first-order valence-corrected chi connectivity index (χ1v) is 7.07. The predicted octanol–water partition coefficient (Wildman–Crippen LogP) is 3.19. The maximum atomic E-state index is 11.7. The van der Waals surface area contributed by atoms with Gasteiger partial charge in [-0.15, -0.1) is 0 Å². The lowest BCUT2D eigenvalue weighted by Gasteiger charge is -2.29. The highest BCUT2D eigenvalue weighted by molar-refractivity contribution is 5.93. The second-order valence-electron chi connectivity index (χ2n) is 5.80. The molecule has 1 rings (SSSR count). The normalized spacial score (nSPS) is 23.4. The quantitative estimate of drug-likeness (QED) is 0.620. The summed E-state index contributed by atoms with van der Waals surface area (Å²) in [7, 11) is 1.27. The van der Waals surface area contributed by atoms with Crippen LogP contribution in [0.4, 0.5) is 0 Å². The average Bonchev–Trinajstić information content (AvgIpc) is 2.36. The number of carbonyl (C=O) groups is 2. The minimum Gasteiger partial charge on any atom is -0.481 e. The molecule has 0 radical (unpaired) electrons. The Morgan fingerprint density at radius 1 is 1.45 bits per heavy atom. The Labute approximate surface area is 120 Å². The number of rotatable bonds is 5. The summed E-state index contributed by atoms with van der Waals surface area (Å²) in [5, 5.41) is 8.92. The first-order chi connectivity index (χ1) is 9.35. The predicted molar refractivity (Wildman–Crippen MR) is 77.2 cm³/mol. The number of aliphatic carboxylic acids is 1. The molecule has 4 nitrogen and oxygen atoms in total. The molecular weight excluding hydrogens is 256 g/mol. The van der Waals surface area contributed by atoms with Crippen LogP contribution in [0.3, 0.4) is 0 Å². The minimum absolute atomic E-state index is 0.214. The molecule has 1 aliphatic rings. The number of esters is 1. The molecule has 0 saturated heterocycles. The summed E-state index contributed by atoms with van der Waals surface area (Å²) in [4.78, 5) is 22.6. The molecule has 1 N–H and O–H groups in total. The van der Waals surface area contributed by atoms with Crippen LogP contribution < -0.4 is 0 Å². The highest BCUT2D eigenvalue weighted by Crippen LogP contribution is 2.35. The lowest BCUT2D eigenvalue weighted by molar-refractivity contribution is -0.141. The fraction of sp³-hybridized carbons (Fsp3) is 0.625. The molecule has 1 aliphatic carbocycles. The largest absolute Gasteiger partial charge is 0.481 e. The van der Waals surface area contributed by atoms with Crippen molar-refractivity contribution in [1.29, 1.82) is 0 Å². The fourth-order valence-electron chi connectivity index (χ4n) is 2.70. The van der Waals surface area contributed by atoms with E-state index in [4.69, 9.17) is 5.11 Å². The van der Waals surface area contributed by atoms with Crippen LogP contribution in [0.1, 0.15) is 40.0 Å². The Kier molecular flexibility index (Phi) is 5.99. The molecule has 0 spiro atoms. The van der Waals surface area contributed by atoms with Crippen LogP contribution in [0.5, 0.6) is 0 Å². The van der Waals surface area contributed by atoms with Crippen molar-refractivity contribution in [3.05, 3.63) is 23.3 Å². The van der Waals surface area contributed by atoms with Crippen molar-refractivity contribution >= 4 is 11.9 Å². The summed E-state index contributed by atoms with van der Waals surface area (Å²) >= 11 is 0. The molecule has 0 amide bonds. The maximum Gasteiger partial charge on any atom is 0.334 e. The number of methoxy groups -OCH3 is 1. The van der Waals surface area contributed by atoms with Gasteiger partial charge >= 0.3 is 11.9 Å². The van der Waals surface area contributed by atoms with Gasteiger partial charge < -0.3 is 9.84 Å². The van der Waals surface area contributed by atoms with E-state index in [0.717, 1.165) is 18.4 Å². The molecule has 0 aromatic rings. The number of carbonyl (C=O) groups excluding carboxylic acids is 1. The van der Waals surface area contributed by atoms with Crippen molar-refractivity contribution in [3.63, 3.8) is 0 Å². The van der Waals surface area contributed by atoms with Gasteiger partial charge in [-0.2, -0.15) is 0 Å². The fourth-order valence-corrected chi connectivity index (χ4v) is 2.70. The van der Waals surface area contributed by atoms with Gasteiger partial charge in [0, 0.05) is 5.57 Å². The third-order valence-electron chi connectivity index (χ3n) is 3.77. The number of carboxylic acid groups (broad SMARTS) is 1. The Morgan fingerprint density at radius 2 is 2.10 bits per heavy atom. The van der Waals surface area contributed by atoms with Gasteiger partial charge in [0.1, 0.15) is 0 Å². The van der Waals surface area contributed by atoms with Crippen LogP contribution in [0.2, 0.25) is 0 Å². The van der Waals surface area contributed by atoms with Crippen molar-refractivity contribution in [2.24, 2.45) is 17.8 Å². The molecule has 0 aromatic carbocycles. The highest BCUT2D eigenvalue weighted by Gasteiger charge is 2.24. The number of hydrogen-bond acceptors (Lipinski definition) is 3. The van der Waals surface area contributed by atoms with Crippen molar-refractivity contribution in [1.82, 2.24) is 0 Å². The van der Waals surface area contributed by atoms with Crippen LogP contribution in [0, 0.1) is 17.8 Å². The molecule has 0 aliphatic heterocycles. The second-order valence-corrected chi connectivity index (χ2v) is 5.80. The van der Waals surface area contributed by atoms with Gasteiger partial charge in [-0.25, -0.2) is 4.79 Å². The average molecular weight is 280 g/mol. The van der Waals surface area contributed by atoms with E-state index in [1.54, 1.807) is 6.08 Å². The number of hydrogen-bond donors (Lipinski definition) is 1. The summed E-state index contributed by atoms with van der Waals surface area (Å²) in [6, 6.07) is 0. The van der Waals surface area contributed by atoms with Crippen LogP contribution >= 0.6 is 0 Å². The van der Waals surface area contributed by atoms with E-state index in [1.165, 1.54) is 7.11 Å². The Morgan fingerprint density at radius 3 is 2.60 bits per heavy atom. The molecule has 0 fully saturated rings. The molecule has 0 heterocycles. The number of ether oxygens (including phenoxy) is 1. The maximum absolute atomic E-state index is 11.7. The Bertz CT molecular complexity index is 432. The van der Waals surface area contributed by atoms with Crippen LogP contribution in [-0.4, -0.2) is 24.2 Å². The molecule has 20 heavy (non-hydrogen) atoms. The van der Waals surface area contributed by atoms with Gasteiger partial charge in [0.25, 0.3) is 0 Å². The Balaban J connectivity index is 3.10. The van der Waals surface area contributed by atoms with Crippen molar-refractivity contribution in [2.45, 2.75) is 40.0 Å². The van der Waals surface area contributed by atoms with E-state index in [1.807, 2.05) is 0 Å². The number of allylic oxidation sites excluding steroid dienone is 3. The third-order valence-corrected chi connectivity index (χ3v) is 3.77. The molecule has 2 atom stereocenters. The van der Waals surface area contributed by atoms with Crippen molar-refractivity contribution < 1.29 is 19.4 Å². The van der Waals surface area contributed by atoms with E-state index in [9.17, 15) is 9.59 Å². The zero-order valence-corrected chi connectivity index (χ0v) is 12.7. The first-order valence-electron chi connectivity index (χ1n) is 7.07. The van der Waals surface area contributed by atoms with Gasteiger partial charge in [-0.05, 0) is 42.2 Å². The zero-order valence-electron chi connectivity index (χ0n) is 12.7. The molecule has 112 valence electrons. The van der Waals surface area contributed by atoms with Crippen LogP contribution in [0.25, 0.3) is 0 Å². The van der Waals surface area contributed by atoms with Gasteiger partial charge in [0.2, 0.25) is 0 Å². The van der Waals surface area contributed by atoms with E-state index in [0.29, 0.717) is 17.8 Å². The van der Waals surface area contributed by atoms with Gasteiger partial charge in [0.15, 0.2) is 0 Å². The summed E-state index contributed by atoms with van der Waals surface area (Å²) in [5.41, 5.74) is 1.28. The summed E-state index contributed by atoms with van der Waals surface area (Å²) in [6.07, 6.45) is 5.78. The van der Waals surface area contributed by atoms with Gasteiger partial charge in [-0.3, -0.25) is 4.79 Å². The SMILES string of the molecule is COC(=O)/C(=C\C1=C[C@H](C)CC[C@@H]1C(C)C)CC(=O)O. The molecular formula is C16H24O4. The van der Waals surface area contributed by atoms with Crippen molar-refractivity contribution in [3.8, 4) is 0 Å². The molecule has 0 aromatic heterocycles. The summed E-state index contributed by atoms with van der Waals surface area (Å²) in [5.74, 6) is -0.283. The van der Waals surface area contributed by atoms with Crippen LogP contribution in [0.15, 0.2) is 23.3 Å². The van der Waals surface area contributed by atoms with Crippen LogP contribution in [-0.2, 0) is 14.3 Å². The van der Waals surface area contributed by atoms with E-state index >= 15 is 0 Å². The zero-order chi connectivity index (χ0) is 15.3. The van der Waals surface area contributed by atoms with Gasteiger partial charge in [-0.1, -0.05) is 26.8 Å². The van der Waals surface area contributed by atoms with E-state index in [-0.39, 0.29) is 12.0 Å². The Hall–Kier alpha value is -1.58. The molecule has 0 unspecified atom stereocenters. The lowest BCUT2D eigenvalue weighted by Crippen LogP contribution is -2.18. The lowest BCUT2D eigenvalue weighted by atomic mass is 9.76. The summed E-state index contributed by atoms with van der Waals surface area (Å²) in [6.45, 7) is 6.44. The second kappa shape index (κ2) is 7.27. The monoisotopic (exact) mass is 280 g/mol. The molecule has 4 heteroatoms. The van der Waals surface area contributed by atoms with Crippen molar-refractivity contribution in [2.75, 3.05) is 7.11 Å². The molecule has 0 saturated carbocycles. The minimum atomic E-state index is -1.02.